The Morgan fingerprint density at radius 1 is 0.590 bits per heavy atom. The summed E-state index contributed by atoms with van der Waals surface area (Å²) in [7, 11) is 0. The third-order valence-electron chi connectivity index (χ3n) is 8.94. The fourth-order valence-electron chi connectivity index (χ4n) is 7.32. The molecule has 1 aliphatic rings. The Kier molecular flexibility index (Phi) is 4.07. The zero-order chi connectivity index (χ0) is 25.9. The van der Waals surface area contributed by atoms with Crippen molar-refractivity contribution in [2.75, 3.05) is 0 Å². The topological polar surface area (TPSA) is 4.93 Å². The maximum absolute atomic E-state index is 2.52. The number of rotatable bonds is 1. The van der Waals surface area contributed by atoms with Crippen LogP contribution in [0, 0.1) is 0 Å². The summed E-state index contributed by atoms with van der Waals surface area (Å²) in [6, 6.07) is 42.8. The fourth-order valence-corrected chi connectivity index (χ4v) is 8.46. The molecule has 6 aromatic carbocycles. The Hall–Kier alpha value is -4.40. The number of aromatic nitrogens is 1. The number of nitrogens with zero attached hydrogens (tertiary/aromatic N) is 1. The molecule has 8 aromatic rings. The molecule has 9 rings (SSSR count). The normalized spacial score (nSPS) is 14.1. The molecule has 1 aliphatic carbocycles. The van der Waals surface area contributed by atoms with Gasteiger partial charge in [-0.25, -0.2) is 0 Å². The van der Waals surface area contributed by atoms with E-state index in [0.717, 1.165) is 0 Å². The molecule has 0 bridgehead atoms. The lowest BCUT2D eigenvalue weighted by Gasteiger charge is -2.23. The summed E-state index contributed by atoms with van der Waals surface area (Å²) in [5.74, 6) is 0. The van der Waals surface area contributed by atoms with E-state index in [1.807, 2.05) is 11.3 Å². The SMILES string of the molecule is CC1(C)c2ccccc2-c2c1c1c3ccccc3n(-c3ccc4c(c3)sc3ccccc34)c1c1ccccc21. The molecule has 0 aliphatic heterocycles. The molecule has 0 unspecified atom stereocenters. The standard InChI is InChI=1S/C37H25NS/c1-37(2)29-16-8-5-14-27(29)33-25-12-3-4-13-26(25)36-34(35(33)37)28-15-6-9-17-30(28)38(36)22-19-20-24-23-11-7-10-18-31(23)39-32(24)21-22/h3-21H,1-2H3. The van der Waals surface area contributed by atoms with Gasteiger partial charge in [-0.3, -0.25) is 0 Å². The van der Waals surface area contributed by atoms with Crippen LogP contribution in [-0.2, 0) is 5.41 Å². The van der Waals surface area contributed by atoms with E-state index in [1.54, 1.807) is 0 Å². The fraction of sp³-hybridized carbons (Fsp3) is 0.0811. The zero-order valence-corrected chi connectivity index (χ0v) is 22.6. The van der Waals surface area contributed by atoms with Gasteiger partial charge in [0.15, 0.2) is 0 Å². The highest BCUT2D eigenvalue weighted by atomic mass is 32.1. The van der Waals surface area contributed by atoms with Crippen LogP contribution in [0.5, 0.6) is 0 Å². The van der Waals surface area contributed by atoms with Gasteiger partial charge in [0.2, 0.25) is 0 Å². The van der Waals surface area contributed by atoms with Crippen molar-refractivity contribution in [1.29, 1.82) is 0 Å². The number of para-hydroxylation sites is 1. The van der Waals surface area contributed by atoms with Crippen LogP contribution in [0.4, 0.5) is 0 Å². The molecular weight excluding hydrogens is 490 g/mol. The average Bonchev–Trinajstić information content (AvgIpc) is 3.59. The van der Waals surface area contributed by atoms with Crippen LogP contribution >= 0.6 is 11.3 Å². The summed E-state index contributed by atoms with van der Waals surface area (Å²) in [4.78, 5) is 0. The van der Waals surface area contributed by atoms with Crippen LogP contribution in [0.3, 0.4) is 0 Å². The van der Waals surface area contributed by atoms with Gasteiger partial charge < -0.3 is 4.57 Å². The number of hydrogen-bond acceptors (Lipinski definition) is 1. The predicted octanol–water partition coefficient (Wildman–Crippen LogP) is 10.6. The van der Waals surface area contributed by atoms with Gasteiger partial charge in [0.25, 0.3) is 0 Å². The van der Waals surface area contributed by atoms with Crippen LogP contribution in [-0.4, -0.2) is 4.57 Å². The molecule has 2 heterocycles. The van der Waals surface area contributed by atoms with Crippen LogP contribution in [0.15, 0.2) is 115 Å². The molecule has 39 heavy (non-hydrogen) atoms. The monoisotopic (exact) mass is 515 g/mol. The molecule has 0 saturated carbocycles. The summed E-state index contributed by atoms with van der Waals surface area (Å²) in [6.07, 6.45) is 0. The predicted molar refractivity (Wildman–Crippen MR) is 169 cm³/mol. The Labute approximate surface area is 230 Å². The highest BCUT2D eigenvalue weighted by Gasteiger charge is 2.39. The lowest BCUT2D eigenvalue weighted by molar-refractivity contribution is 0.667. The molecular formula is C37H25NS. The third kappa shape index (κ3) is 2.65. The van der Waals surface area contributed by atoms with Crippen LogP contribution < -0.4 is 0 Å². The van der Waals surface area contributed by atoms with E-state index in [9.17, 15) is 0 Å². The highest BCUT2D eigenvalue weighted by molar-refractivity contribution is 7.25. The average molecular weight is 516 g/mol. The Morgan fingerprint density at radius 3 is 2.13 bits per heavy atom. The summed E-state index contributed by atoms with van der Waals surface area (Å²) >= 11 is 1.89. The minimum absolute atomic E-state index is 0.0986. The van der Waals surface area contributed by atoms with Gasteiger partial charge in [-0.05, 0) is 51.9 Å². The van der Waals surface area contributed by atoms with Crippen LogP contribution in [0.2, 0.25) is 0 Å². The van der Waals surface area contributed by atoms with Gasteiger partial charge in [0.1, 0.15) is 0 Å². The zero-order valence-electron chi connectivity index (χ0n) is 21.8. The Morgan fingerprint density at radius 2 is 1.26 bits per heavy atom. The van der Waals surface area contributed by atoms with Gasteiger partial charge >= 0.3 is 0 Å². The molecule has 0 amide bonds. The van der Waals surface area contributed by atoms with E-state index in [1.165, 1.54) is 80.7 Å². The molecule has 2 heteroatoms. The highest BCUT2D eigenvalue weighted by Crippen LogP contribution is 2.56. The second kappa shape index (κ2) is 7.37. The summed E-state index contributed by atoms with van der Waals surface area (Å²) < 4.78 is 5.20. The van der Waals surface area contributed by atoms with E-state index in [4.69, 9.17) is 0 Å². The second-order valence-corrected chi connectivity index (χ2v) is 12.4. The maximum atomic E-state index is 2.52. The van der Waals surface area contributed by atoms with Crippen molar-refractivity contribution < 1.29 is 0 Å². The summed E-state index contributed by atoms with van der Waals surface area (Å²) in [6.45, 7) is 4.81. The Balaban J connectivity index is 1.50. The third-order valence-corrected chi connectivity index (χ3v) is 10.1. The first-order chi connectivity index (χ1) is 19.1. The summed E-state index contributed by atoms with van der Waals surface area (Å²) in [5, 5.41) is 8.04. The first-order valence-corrected chi connectivity index (χ1v) is 14.4. The van der Waals surface area contributed by atoms with Crippen LogP contribution in [0.25, 0.3) is 69.6 Å². The van der Waals surface area contributed by atoms with Gasteiger partial charge in [-0.15, -0.1) is 11.3 Å². The largest absolute Gasteiger partial charge is 0.309 e. The van der Waals surface area contributed by atoms with E-state index >= 15 is 0 Å². The van der Waals surface area contributed by atoms with E-state index in [0.29, 0.717) is 0 Å². The molecule has 184 valence electrons. The lowest BCUT2D eigenvalue weighted by Crippen LogP contribution is -2.15. The number of benzene rings is 6. The summed E-state index contributed by atoms with van der Waals surface area (Å²) in [5.41, 5.74) is 9.35. The van der Waals surface area contributed by atoms with E-state index in [2.05, 4.69) is 134 Å². The lowest BCUT2D eigenvalue weighted by atomic mass is 9.79. The van der Waals surface area contributed by atoms with Gasteiger partial charge in [0.05, 0.1) is 11.0 Å². The molecule has 0 saturated heterocycles. The van der Waals surface area contributed by atoms with Crippen molar-refractivity contribution >= 4 is 64.1 Å². The quantitative estimate of drug-likeness (QED) is 0.205. The van der Waals surface area contributed by atoms with Crippen LogP contribution in [0.1, 0.15) is 25.0 Å². The number of fused-ring (bicyclic) bond motifs is 13. The first kappa shape index (κ1) is 21.5. The van der Waals surface area contributed by atoms with E-state index in [-0.39, 0.29) is 5.41 Å². The molecule has 0 atom stereocenters. The van der Waals surface area contributed by atoms with Gasteiger partial charge in [-0.1, -0.05) is 105 Å². The number of hydrogen-bond donors (Lipinski definition) is 0. The first-order valence-electron chi connectivity index (χ1n) is 13.6. The molecule has 2 aromatic heterocycles. The molecule has 0 spiro atoms. The number of thiophene rings is 1. The Bertz CT molecular complexity index is 2310. The minimum Gasteiger partial charge on any atom is -0.309 e. The maximum Gasteiger partial charge on any atom is 0.0623 e. The minimum atomic E-state index is -0.0986. The van der Waals surface area contributed by atoms with E-state index < -0.39 is 0 Å². The van der Waals surface area contributed by atoms with Crippen molar-refractivity contribution in [3.63, 3.8) is 0 Å². The van der Waals surface area contributed by atoms with Crippen molar-refractivity contribution in [1.82, 2.24) is 4.57 Å². The molecule has 0 N–H and O–H groups in total. The van der Waals surface area contributed by atoms with Gasteiger partial charge in [0, 0.05) is 47.4 Å². The molecule has 1 nitrogen and oxygen atoms in total. The van der Waals surface area contributed by atoms with Crippen molar-refractivity contribution in [2.45, 2.75) is 19.3 Å². The molecule has 0 fully saturated rings. The van der Waals surface area contributed by atoms with Crippen molar-refractivity contribution in [2.24, 2.45) is 0 Å². The molecule has 0 radical (unpaired) electrons. The van der Waals surface area contributed by atoms with Crippen molar-refractivity contribution in [3.8, 4) is 16.8 Å². The van der Waals surface area contributed by atoms with Crippen molar-refractivity contribution in [3.05, 3.63) is 126 Å². The smallest absolute Gasteiger partial charge is 0.0623 e. The second-order valence-electron chi connectivity index (χ2n) is 11.3. The van der Waals surface area contributed by atoms with Gasteiger partial charge in [-0.2, -0.15) is 0 Å².